The Labute approximate surface area is 125 Å². The Bertz CT molecular complexity index is 554. The van der Waals surface area contributed by atoms with Gasteiger partial charge in [-0.05, 0) is 37.1 Å². The average molecular weight is 377 g/mol. The molecular formula is C13H14ClIN2O. The molecule has 0 saturated heterocycles. The molecule has 0 fully saturated rings. The monoisotopic (exact) mass is 376 g/mol. The number of halogens is 2. The van der Waals surface area contributed by atoms with Crippen LogP contribution in [-0.2, 0) is 10.8 Å². The number of hydrogen-bond donors (Lipinski definition) is 1. The molecular weight excluding hydrogens is 363 g/mol. The Balaban J connectivity index is 2.33. The van der Waals surface area contributed by atoms with Crippen molar-refractivity contribution in [2.24, 2.45) is 0 Å². The van der Waals surface area contributed by atoms with Crippen molar-refractivity contribution >= 4 is 34.2 Å². The van der Waals surface area contributed by atoms with Crippen molar-refractivity contribution in [2.45, 2.75) is 24.7 Å². The summed E-state index contributed by atoms with van der Waals surface area (Å²) in [4.78, 5) is 0. The molecule has 1 aromatic carbocycles. The number of nitrogens with one attached hydrogen (secondary N) is 1. The zero-order valence-corrected chi connectivity index (χ0v) is 13.2. The van der Waals surface area contributed by atoms with Crippen LogP contribution in [0.4, 0.5) is 0 Å². The Morgan fingerprint density at radius 1 is 1.39 bits per heavy atom. The van der Waals surface area contributed by atoms with Crippen LogP contribution in [0.3, 0.4) is 0 Å². The van der Waals surface area contributed by atoms with Crippen LogP contribution in [0.5, 0.6) is 11.5 Å². The predicted octanol–water partition coefficient (Wildman–Crippen LogP) is 4.66. The third kappa shape index (κ3) is 2.98. The molecule has 1 N–H and O–H groups in total. The fraction of sp³-hybridized carbons (Fsp3) is 0.308. The van der Waals surface area contributed by atoms with Gasteiger partial charge in [0, 0.05) is 9.45 Å². The highest BCUT2D eigenvalue weighted by Crippen LogP contribution is 2.30. The van der Waals surface area contributed by atoms with E-state index in [9.17, 15) is 0 Å². The SMILES string of the molecule is CCc1n[nH]c(C)c1Oc1cc(Cl)cc(CI)c1. The normalized spacial score (nSPS) is 10.7. The first kappa shape index (κ1) is 13.7. The first-order chi connectivity index (χ1) is 8.63. The van der Waals surface area contributed by atoms with Crippen LogP contribution < -0.4 is 4.74 Å². The lowest BCUT2D eigenvalue weighted by Crippen LogP contribution is -1.90. The third-order valence-electron chi connectivity index (χ3n) is 2.60. The lowest BCUT2D eigenvalue weighted by atomic mass is 10.2. The summed E-state index contributed by atoms with van der Waals surface area (Å²) < 4.78 is 6.82. The van der Waals surface area contributed by atoms with E-state index in [0.29, 0.717) is 5.02 Å². The minimum absolute atomic E-state index is 0.693. The zero-order chi connectivity index (χ0) is 13.1. The summed E-state index contributed by atoms with van der Waals surface area (Å²) in [7, 11) is 0. The highest BCUT2D eigenvalue weighted by molar-refractivity contribution is 14.1. The van der Waals surface area contributed by atoms with Gasteiger partial charge in [0.2, 0.25) is 0 Å². The molecule has 1 heterocycles. The molecule has 0 spiro atoms. The quantitative estimate of drug-likeness (QED) is 0.622. The topological polar surface area (TPSA) is 37.9 Å². The number of aromatic amines is 1. The molecule has 0 amide bonds. The second kappa shape index (κ2) is 5.93. The number of H-pyrrole nitrogens is 1. The number of alkyl halides is 1. The number of ether oxygens (including phenoxy) is 1. The van der Waals surface area contributed by atoms with Crippen LogP contribution in [0.15, 0.2) is 18.2 Å². The van der Waals surface area contributed by atoms with Crippen molar-refractivity contribution in [1.29, 1.82) is 0 Å². The summed E-state index contributed by atoms with van der Waals surface area (Å²) in [5.41, 5.74) is 3.02. The maximum absolute atomic E-state index is 6.08. The van der Waals surface area contributed by atoms with Gasteiger partial charge < -0.3 is 4.74 Å². The van der Waals surface area contributed by atoms with Crippen molar-refractivity contribution in [3.63, 3.8) is 0 Å². The van der Waals surface area contributed by atoms with E-state index in [0.717, 1.165) is 39.3 Å². The Kier molecular flexibility index (Phi) is 4.50. The van der Waals surface area contributed by atoms with Gasteiger partial charge in [-0.2, -0.15) is 5.10 Å². The van der Waals surface area contributed by atoms with Crippen LogP contribution in [-0.4, -0.2) is 10.2 Å². The standard InChI is InChI=1S/C13H14ClIN2O/c1-3-12-13(8(2)16-17-12)18-11-5-9(7-15)4-10(14)6-11/h4-6H,3,7H2,1-2H3,(H,16,17). The minimum Gasteiger partial charge on any atom is -0.453 e. The van der Waals surface area contributed by atoms with Gasteiger partial charge in [-0.1, -0.05) is 41.1 Å². The molecule has 2 aromatic rings. The molecule has 0 aliphatic heterocycles. The Morgan fingerprint density at radius 3 is 2.83 bits per heavy atom. The molecule has 96 valence electrons. The van der Waals surface area contributed by atoms with Crippen molar-refractivity contribution in [1.82, 2.24) is 10.2 Å². The second-order valence-corrected chi connectivity index (χ2v) is 5.21. The molecule has 18 heavy (non-hydrogen) atoms. The summed E-state index contributed by atoms with van der Waals surface area (Å²) in [5.74, 6) is 1.56. The van der Waals surface area contributed by atoms with Crippen LogP contribution in [0.2, 0.25) is 5.02 Å². The van der Waals surface area contributed by atoms with E-state index < -0.39 is 0 Å². The van der Waals surface area contributed by atoms with Crippen LogP contribution in [0.25, 0.3) is 0 Å². The maximum atomic E-state index is 6.08. The summed E-state index contributed by atoms with van der Waals surface area (Å²) in [6.45, 7) is 4.00. The summed E-state index contributed by atoms with van der Waals surface area (Å²) in [5, 5.41) is 7.85. The molecule has 5 heteroatoms. The largest absolute Gasteiger partial charge is 0.453 e. The number of rotatable bonds is 4. The molecule has 3 nitrogen and oxygen atoms in total. The van der Waals surface area contributed by atoms with E-state index in [4.69, 9.17) is 16.3 Å². The van der Waals surface area contributed by atoms with Crippen LogP contribution in [0.1, 0.15) is 23.9 Å². The molecule has 0 unspecified atom stereocenters. The summed E-state index contributed by atoms with van der Waals surface area (Å²) in [6, 6.07) is 5.78. The van der Waals surface area contributed by atoms with E-state index in [-0.39, 0.29) is 0 Å². The molecule has 0 saturated carbocycles. The van der Waals surface area contributed by atoms with E-state index in [1.807, 2.05) is 25.1 Å². The third-order valence-corrected chi connectivity index (χ3v) is 3.70. The van der Waals surface area contributed by atoms with Crippen LogP contribution in [0, 0.1) is 6.92 Å². The van der Waals surface area contributed by atoms with Gasteiger partial charge in [-0.25, -0.2) is 0 Å². The molecule has 0 radical (unpaired) electrons. The fourth-order valence-electron chi connectivity index (χ4n) is 1.72. The Morgan fingerprint density at radius 2 is 2.17 bits per heavy atom. The lowest BCUT2D eigenvalue weighted by molar-refractivity contribution is 0.473. The number of aryl methyl sites for hydroxylation is 2. The molecule has 1 aromatic heterocycles. The predicted molar refractivity (Wildman–Crippen MR) is 82.0 cm³/mol. The fourth-order valence-corrected chi connectivity index (χ4v) is 2.41. The van der Waals surface area contributed by atoms with Gasteiger partial charge in [-0.3, -0.25) is 5.10 Å². The van der Waals surface area contributed by atoms with Crippen molar-refractivity contribution in [3.05, 3.63) is 40.2 Å². The van der Waals surface area contributed by atoms with E-state index in [2.05, 4.69) is 39.7 Å². The van der Waals surface area contributed by atoms with E-state index >= 15 is 0 Å². The number of aromatic nitrogens is 2. The molecule has 0 atom stereocenters. The molecule has 0 aliphatic rings. The van der Waals surface area contributed by atoms with Gasteiger partial charge >= 0.3 is 0 Å². The number of nitrogens with zero attached hydrogens (tertiary/aromatic N) is 1. The van der Waals surface area contributed by atoms with Gasteiger partial charge in [-0.15, -0.1) is 0 Å². The molecule has 2 rings (SSSR count). The highest BCUT2D eigenvalue weighted by Gasteiger charge is 2.11. The van der Waals surface area contributed by atoms with E-state index in [1.165, 1.54) is 0 Å². The second-order valence-electron chi connectivity index (χ2n) is 4.01. The van der Waals surface area contributed by atoms with Crippen molar-refractivity contribution in [3.8, 4) is 11.5 Å². The lowest BCUT2D eigenvalue weighted by Gasteiger charge is -2.08. The van der Waals surface area contributed by atoms with Crippen molar-refractivity contribution in [2.75, 3.05) is 0 Å². The highest BCUT2D eigenvalue weighted by atomic mass is 127. The first-order valence-electron chi connectivity index (χ1n) is 5.71. The van der Waals surface area contributed by atoms with E-state index in [1.54, 1.807) is 0 Å². The average Bonchev–Trinajstić information content (AvgIpc) is 2.70. The van der Waals surface area contributed by atoms with Gasteiger partial charge in [0.1, 0.15) is 11.4 Å². The summed E-state index contributed by atoms with van der Waals surface area (Å²) in [6.07, 6.45) is 0.833. The molecule has 0 bridgehead atoms. The van der Waals surface area contributed by atoms with Crippen LogP contribution >= 0.6 is 34.2 Å². The van der Waals surface area contributed by atoms with Gasteiger partial charge in [0.15, 0.2) is 5.75 Å². The maximum Gasteiger partial charge on any atom is 0.171 e. The van der Waals surface area contributed by atoms with Gasteiger partial charge in [0.05, 0.1) is 5.69 Å². The summed E-state index contributed by atoms with van der Waals surface area (Å²) >= 11 is 8.38. The van der Waals surface area contributed by atoms with Crippen molar-refractivity contribution < 1.29 is 4.74 Å². The van der Waals surface area contributed by atoms with Gasteiger partial charge in [0.25, 0.3) is 0 Å². The number of benzene rings is 1. The smallest absolute Gasteiger partial charge is 0.171 e. The zero-order valence-electron chi connectivity index (χ0n) is 10.3. The Hall–Kier alpha value is -0.750. The minimum atomic E-state index is 0.693. The number of hydrogen-bond acceptors (Lipinski definition) is 2. The molecule has 0 aliphatic carbocycles. The first-order valence-corrected chi connectivity index (χ1v) is 7.61.